The van der Waals surface area contributed by atoms with Crippen LogP contribution in [0.25, 0.3) is 0 Å². The molecule has 0 spiro atoms. The smallest absolute Gasteiger partial charge is 0.125 e. The van der Waals surface area contributed by atoms with Gasteiger partial charge in [0.15, 0.2) is 0 Å². The summed E-state index contributed by atoms with van der Waals surface area (Å²) in [5.74, 6) is 1.30. The summed E-state index contributed by atoms with van der Waals surface area (Å²) in [7, 11) is 0. The third kappa shape index (κ3) is 3.31. The van der Waals surface area contributed by atoms with E-state index in [1.807, 2.05) is 5.38 Å². The van der Waals surface area contributed by atoms with E-state index in [-0.39, 0.29) is 0 Å². The van der Waals surface area contributed by atoms with E-state index in [0.29, 0.717) is 6.42 Å². The average Bonchev–Trinajstić information content (AvgIpc) is 2.68. The summed E-state index contributed by atoms with van der Waals surface area (Å²) in [4.78, 5) is 14.8. The molecule has 0 aromatic carbocycles. The maximum atomic E-state index is 10.3. The van der Waals surface area contributed by atoms with Crippen molar-refractivity contribution in [3.8, 4) is 0 Å². The Morgan fingerprint density at radius 1 is 1.53 bits per heavy atom. The van der Waals surface area contributed by atoms with Crippen LogP contribution in [0.15, 0.2) is 5.38 Å². The summed E-state index contributed by atoms with van der Waals surface area (Å²) in [5.41, 5.74) is 0.936. The van der Waals surface area contributed by atoms with Crippen molar-refractivity contribution >= 4 is 29.4 Å². The molecule has 82 valence electrons. The van der Waals surface area contributed by atoms with Crippen LogP contribution >= 0.6 is 23.1 Å². The van der Waals surface area contributed by atoms with E-state index in [2.05, 4.69) is 16.7 Å². The van der Waals surface area contributed by atoms with Crippen molar-refractivity contribution in [3.05, 3.63) is 16.1 Å². The highest BCUT2D eigenvalue weighted by Gasteiger charge is 2.15. The number of aromatic nitrogens is 1. The number of carbonyl (C=O) groups is 1. The number of thioether (sulfide) groups is 1. The molecule has 1 aliphatic rings. The van der Waals surface area contributed by atoms with Crippen LogP contribution in [-0.2, 0) is 17.6 Å². The second-order valence-corrected chi connectivity index (χ2v) is 6.15. The standard InChI is InChI=1S/C11H15NOS2/c13-5-4-9-8-15-11(12-9)7-10-3-1-2-6-14-10/h5,8,10H,1-4,6-7H2. The predicted molar refractivity (Wildman–Crippen MR) is 65.7 cm³/mol. The number of thiazole rings is 1. The molecule has 1 saturated heterocycles. The van der Waals surface area contributed by atoms with E-state index in [4.69, 9.17) is 0 Å². The quantitative estimate of drug-likeness (QED) is 0.759. The second-order valence-electron chi connectivity index (χ2n) is 3.80. The van der Waals surface area contributed by atoms with E-state index >= 15 is 0 Å². The topological polar surface area (TPSA) is 30.0 Å². The molecule has 1 unspecified atom stereocenters. The van der Waals surface area contributed by atoms with Crippen molar-refractivity contribution in [2.24, 2.45) is 0 Å². The van der Waals surface area contributed by atoms with Crippen molar-refractivity contribution in [3.63, 3.8) is 0 Å². The van der Waals surface area contributed by atoms with Crippen molar-refractivity contribution in [1.29, 1.82) is 0 Å². The lowest BCUT2D eigenvalue weighted by Crippen LogP contribution is -2.12. The molecule has 2 rings (SSSR count). The molecule has 0 aliphatic carbocycles. The maximum Gasteiger partial charge on any atom is 0.125 e. The van der Waals surface area contributed by atoms with Gasteiger partial charge >= 0.3 is 0 Å². The van der Waals surface area contributed by atoms with Gasteiger partial charge in [0.25, 0.3) is 0 Å². The molecule has 1 fully saturated rings. The highest BCUT2D eigenvalue weighted by atomic mass is 32.2. The normalized spacial score (nSPS) is 21.5. The van der Waals surface area contributed by atoms with Crippen LogP contribution < -0.4 is 0 Å². The first-order valence-corrected chi connectivity index (χ1v) is 7.30. The molecule has 0 bridgehead atoms. The van der Waals surface area contributed by atoms with Gasteiger partial charge in [0, 0.05) is 23.5 Å². The van der Waals surface area contributed by atoms with E-state index in [1.54, 1.807) is 11.3 Å². The van der Waals surface area contributed by atoms with Gasteiger partial charge in [-0.05, 0) is 18.6 Å². The third-order valence-electron chi connectivity index (χ3n) is 2.57. The second kappa shape index (κ2) is 5.66. The van der Waals surface area contributed by atoms with E-state index < -0.39 is 0 Å². The van der Waals surface area contributed by atoms with E-state index in [9.17, 15) is 4.79 Å². The first-order valence-electron chi connectivity index (χ1n) is 5.37. The molecule has 0 N–H and O–H groups in total. The number of hydrogen-bond acceptors (Lipinski definition) is 4. The minimum absolute atomic E-state index is 0.467. The highest BCUT2D eigenvalue weighted by molar-refractivity contribution is 7.99. The Labute approximate surface area is 98.5 Å². The van der Waals surface area contributed by atoms with Gasteiger partial charge < -0.3 is 4.79 Å². The molecule has 4 heteroatoms. The number of rotatable bonds is 4. The van der Waals surface area contributed by atoms with Crippen molar-refractivity contribution < 1.29 is 4.79 Å². The summed E-state index contributed by atoms with van der Waals surface area (Å²) in [6.45, 7) is 0. The molecule has 1 aromatic heterocycles. The Bertz CT molecular complexity index is 318. The molecule has 1 atom stereocenters. The number of aldehydes is 1. The van der Waals surface area contributed by atoms with Gasteiger partial charge in [0.1, 0.15) is 6.29 Å². The van der Waals surface area contributed by atoms with Gasteiger partial charge in [-0.15, -0.1) is 11.3 Å². The Balaban J connectivity index is 1.88. The minimum atomic E-state index is 0.467. The maximum absolute atomic E-state index is 10.3. The molecule has 2 heterocycles. The molecular weight excluding hydrogens is 226 g/mol. The van der Waals surface area contributed by atoms with Crippen LogP contribution in [0.2, 0.25) is 0 Å². The summed E-state index contributed by atoms with van der Waals surface area (Å²) in [5, 5.41) is 3.97. The fourth-order valence-electron chi connectivity index (χ4n) is 1.78. The van der Waals surface area contributed by atoms with Crippen molar-refractivity contribution in [2.75, 3.05) is 5.75 Å². The summed E-state index contributed by atoms with van der Waals surface area (Å²) >= 11 is 3.78. The van der Waals surface area contributed by atoms with Crippen LogP contribution in [-0.4, -0.2) is 22.3 Å². The molecule has 0 radical (unpaired) electrons. The zero-order chi connectivity index (χ0) is 10.5. The van der Waals surface area contributed by atoms with Gasteiger partial charge in [-0.25, -0.2) is 4.98 Å². The monoisotopic (exact) mass is 241 g/mol. The molecule has 0 amide bonds. The largest absolute Gasteiger partial charge is 0.303 e. The molecule has 1 aromatic rings. The predicted octanol–water partition coefficient (Wildman–Crippen LogP) is 2.71. The van der Waals surface area contributed by atoms with Crippen LogP contribution in [0, 0.1) is 0 Å². The van der Waals surface area contributed by atoms with Gasteiger partial charge in [-0.3, -0.25) is 0 Å². The van der Waals surface area contributed by atoms with Crippen molar-refractivity contribution in [1.82, 2.24) is 4.98 Å². The molecule has 2 nitrogen and oxygen atoms in total. The Kier molecular flexibility index (Phi) is 4.20. The zero-order valence-corrected chi connectivity index (χ0v) is 10.3. The SMILES string of the molecule is O=CCc1csc(CC2CCCCS2)n1. The summed E-state index contributed by atoms with van der Waals surface area (Å²) < 4.78 is 0. The lowest BCUT2D eigenvalue weighted by atomic mass is 10.1. The average molecular weight is 241 g/mol. The van der Waals surface area contributed by atoms with Crippen molar-refractivity contribution in [2.45, 2.75) is 37.4 Å². The first-order chi connectivity index (χ1) is 7.38. The van der Waals surface area contributed by atoms with E-state index in [0.717, 1.165) is 23.7 Å². The Morgan fingerprint density at radius 3 is 3.20 bits per heavy atom. The fraction of sp³-hybridized carbons (Fsp3) is 0.636. The molecule has 0 saturated carbocycles. The number of hydrogen-bond donors (Lipinski definition) is 0. The van der Waals surface area contributed by atoms with Gasteiger partial charge in [0.2, 0.25) is 0 Å². The first kappa shape index (κ1) is 11.1. The van der Waals surface area contributed by atoms with Crippen LogP contribution in [0.5, 0.6) is 0 Å². The third-order valence-corrected chi connectivity index (χ3v) is 4.89. The Morgan fingerprint density at radius 2 is 2.47 bits per heavy atom. The van der Waals surface area contributed by atoms with Crippen LogP contribution in [0.3, 0.4) is 0 Å². The minimum Gasteiger partial charge on any atom is -0.303 e. The van der Waals surface area contributed by atoms with Gasteiger partial charge in [-0.2, -0.15) is 11.8 Å². The van der Waals surface area contributed by atoms with Gasteiger partial charge in [0.05, 0.1) is 10.7 Å². The molecule has 15 heavy (non-hydrogen) atoms. The summed E-state index contributed by atoms with van der Waals surface area (Å²) in [6, 6.07) is 0. The zero-order valence-electron chi connectivity index (χ0n) is 8.65. The highest BCUT2D eigenvalue weighted by Crippen LogP contribution is 2.28. The Hall–Kier alpha value is -0.350. The van der Waals surface area contributed by atoms with E-state index in [1.165, 1.54) is 30.0 Å². The van der Waals surface area contributed by atoms with Crippen LogP contribution in [0.1, 0.15) is 30.0 Å². The lowest BCUT2D eigenvalue weighted by Gasteiger charge is -2.19. The summed E-state index contributed by atoms with van der Waals surface area (Å²) in [6.07, 6.45) is 6.55. The van der Waals surface area contributed by atoms with Crippen LogP contribution in [0.4, 0.5) is 0 Å². The van der Waals surface area contributed by atoms with Gasteiger partial charge in [-0.1, -0.05) is 6.42 Å². The molecular formula is C11H15NOS2. The fourth-order valence-corrected chi connectivity index (χ4v) is 4.09. The lowest BCUT2D eigenvalue weighted by molar-refractivity contribution is -0.107. The number of nitrogens with zero attached hydrogens (tertiary/aromatic N) is 1. The number of carbonyl (C=O) groups excluding carboxylic acids is 1. The molecule has 1 aliphatic heterocycles.